The van der Waals surface area contributed by atoms with Gasteiger partial charge in [-0.3, -0.25) is 4.79 Å². The molecule has 1 saturated heterocycles. The van der Waals surface area contributed by atoms with E-state index in [1.165, 1.54) is 29.4 Å². The van der Waals surface area contributed by atoms with Crippen molar-refractivity contribution in [3.63, 3.8) is 0 Å². The highest BCUT2D eigenvalue weighted by Gasteiger charge is 2.34. The van der Waals surface area contributed by atoms with Gasteiger partial charge in [0.05, 0.1) is 31.0 Å². The van der Waals surface area contributed by atoms with Crippen molar-refractivity contribution in [2.75, 3.05) is 31.8 Å². The third-order valence-corrected chi connectivity index (χ3v) is 5.48. The second-order valence-electron chi connectivity index (χ2n) is 8.08. The molecule has 4 rings (SSSR count). The summed E-state index contributed by atoms with van der Waals surface area (Å²) in [6.45, 7) is 1.23. The van der Waals surface area contributed by atoms with Crippen molar-refractivity contribution >= 4 is 23.8 Å². The van der Waals surface area contributed by atoms with Gasteiger partial charge in [0.25, 0.3) is 5.91 Å². The Morgan fingerprint density at radius 1 is 1.34 bits per heavy atom. The Morgan fingerprint density at radius 2 is 2.17 bits per heavy atom. The number of urea groups is 1. The van der Waals surface area contributed by atoms with Gasteiger partial charge in [0.2, 0.25) is 12.0 Å². The highest BCUT2D eigenvalue weighted by molar-refractivity contribution is 6.00. The number of hydrogen-bond donors (Lipinski definition) is 3. The number of aromatic nitrogens is 1. The van der Waals surface area contributed by atoms with E-state index in [0.29, 0.717) is 35.9 Å². The lowest BCUT2D eigenvalue weighted by atomic mass is 10.1. The first kappa shape index (κ1) is 23.9. The molecule has 0 spiro atoms. The molecule has 0 aliphatic carbocycles. The zero-order valence-electron chi connectivity index (χ0n) is 19.1. The summed E-state index contributed by atoms with van der Waals surface area (Å²) in [5, 5.41) is 2.61. The van der Waals surface area contributed by atoms with Gasteiger partial charge in [-0.05, 0) is 30.3 Å². The molecule has 1 fully saturated rings. The van der Waals surface area contributed by atoms with E-state index in [2.05, 4.69) is 27.1 Å². The summed E-state index contributed by atoms with van der Waals surface area (Å²) in [4.78, 5) is 33.2. The Hall–Kier alpha value is -4.23. The van der Waals surface area contributed by atoms with Crippen LogP contribution in [0, 0.1) is 23.7 Å². The molecular formula is C25H25FN5O4+. The number of carbonyl (C=O) groups is 2. The van der Waals surface area contributed by atoms with Crippen LogP contribution in [0.1, 0.15) is 11.3 Å². The largest absolute Gasteiger partial charge is 0.489 e. The number of ether oxygens (including phenoxy) is 2. The Morgan fingerprint density at radius 3 is 2.89 bits per heavy atom. The smallest absolute Gasteiger partial charge is 0.486 e. The summed E-state index contributed by atoms with van der Waals surface area (Å²) in [7, 11) is 1.62. The topological polar surface area (TPSA) is 121 Å². The van der Waals surface area contributed by atoms with Gasteiger partial charge < -0.3 is 20.1 Å². The minimum Gasteiger partial charge on any atom is -0.486 e. The Bertz CT molecular complexity index is 1250. The van der Waals surface area contributed by atoms with Crippen LogP contribution in [-0.2, 0) is 16.0 Å². The van der Waals surface area contributed by atoms with Crippen molar-refractivity contribution in [3.05, 3.63) is 65.4 Å². The maximum absolute atomic E-state index is 13.3. The van der Waals surface area contributed by atoms with Crippen molar-refractivity contribution in [1.82, 2.24) is 10.3 Å². The lowest BCUT2D eigenvalue weighted by Gasteiger charge is -2.20. The molecule has 1 aromatic carbocycles. The summed E-state index contributed by atoms with van der Waals surface area (Å²) < 4.78 is 24.2. The number of likely N-dealkylation sites (N-methyl/N-ethyl adjacent to an activating group) is 1. The maximum Gasteiger partial charge on any atom is 0.489 e. The molecule has 0 bridgehead atoms. The number of pyridine rings is 1. The van der Waals surface area contributed by atoms with Gasteiger partial charge in [0, 0.05) is 36.5 Å². The third kappa shape index (κ3) is 6.02. The van der Waals surface area contributed by atoms with Crippen LogP contribution in [0.25, 0.3) is 0 Å². The molecule has 1 aromatic heterocycles. The normalized spacial score (nSPS) is 18.1. The zero-order chi connectivity index (χ0) is 24.8. The highest BCUT2D eigenvalue weighted by Crippen LogP contribution is 2.31. The molecule has 9 nitrogen and oxygen atoms in total. The fourth-order valence-electron chi connectivity index (χ4n) is 3.46. The summed E-state index contributed by atoms with van der Waals surface area (Å²) in [5.74, 6) is 6.05. The average Bonchev–Trinajstić information content (AvgIpc) is 2.93. The van der Waals surface area contributed by atoms with Crippen LogP contribution in [0.3, 0.4) is 0 Å². The first-order chi connectivity index (χ1) is 16.9. The lowest BCUT2D eigenvalue weighted by Crippen LogP contribution is -2.79. The molecule has 2 aliphatic rings. The molecule has 3 amide bonds. The summed E-state index contributed by atoms with van der Waals surface area (Å²) in [6.07, 6.45) is 2.88. The van der Waals surface area contributed by atoms with E-state index < -0.39 is 18.0 Å². The van der Waals surface area contributed by atoms with E-state index in [-0.39, 0.29) is 24.9 Å². The average molecular weight is 479 g/mol. The van der Waals surface area contributed by atoms with Gasteiger partial charge in [-0.1, -0.05) is 17.9 Å². The fourth-order valence-corrected chi connectivity index (χ4v) is 3.46. The van der Waals surface area contributed by atoms with Crippen molar-refractivity contribution in [1.29, 1.82) is 0 Å². The molecule has 4 N–H and O–H groups in total. The quantitative estimate of drug-likeness (QED) is 0.320. The molecule has 2 aromatic rings. The van der Waals surface area contributed by atoms with Crippen molar-refractivity contribution in [3.8, 4) is 17.6 Å². The predicted molar refractivity (Wildman–Crippen MR) is 126 cm³/mol. The number of allylic oxidation sites excluding steroid dienone is 1. The van der Waals surface area contributed by atoms with Crippen molar-refractivity contribution < 1.29 is 28.4 Å². The van der Waals surface area contributed by atoms with Crippen molar-refractivity contribution in [2.24, 2.45) is 11.7 Å². The van der Waals surface area contributed by atoms with E-state index in [1.807, 2.05) is 6.07 Å². The summed E-state index contributed by atoms with van der Waals surface area (Å²) in [5.41, 5.74) is 7.90. The highest BCUT2D eigenvalue weighted by atomic mass is 19.1. The van der Waals surface area contributed by atoms with Crippen LogP contribution < -0.4 is 25.7 Å². The SMILES string of the molecule is CN1C(=O)C(NC(=O)/[NH+]=C/C(=C\N)Cc2cccc(F)n2)COc2ccc(C#CC3COC3)cc21. The number of halogens is 1. The minimum atomic E-state index is -0.919. The van der Waals surface area contributed by atoms with Gasteiger partial charge in [0.1, 0.15) is 12.4 Å². The number of nitrogens with one attached hydrogen (secondary N) is 2. The Labute approximate surface area is 201 Å². The fraction of sp³-hybridized carbons (Fsp3) is 0.280. The zero-order valence-corrected chi connectivity index (χ0v) is 19.1. The first-order valence-electron chi connectivity index (χ1n) is 11.0. The molecule has 1 atom stereocenters. The Balaban J connectivity index is 1.39. The predicted octanol–water partition coefficient (Wildman–Crippen LogP) is -0.111. The van der Waals surface area contributed by atoms with Crippen LogP contribution in [0.15, 0.2) is 48.2 Å². The number of carbonyl (C=O) groups excluding carboxylic acids is 2. The summed E-state index contributed by atoms with van der Waals surface area (Å²) in [6, 6.07) is 8.26. The number of hydrogen-bond acceptors (Lipinski definition) is 6. The number of fused-ring (bicyclic) bond motifs is 1. The summed E-state index contributed by atoms with van der Waals surface area (Å²) >= 11 is 0. The van der Waals surface area contributed by atoms with E-state index in [1.54, 1.807) is 25.2 Å². The number of anilines is 1. The molecule has 0 saturated carbocycles. The van der Waals surface area contributed by atoms with Gasteiger partial charge in [-0.2, -0.15) is 9.18 Å². The van der Waals surface area contributed by atoms with E-state index in [0.717, 1.165) is 5.56 Å². The number of nitrogens with two attached hydrogens (primary N) is 1. The van der Waals surface area contributed by atoms with Gasteiger partial charge >= 0.3 is 6.03 Å². The maximum atomic E-state index is 13.3. The van der Waals surface area contributed by atoms with Gasteiger partial charge in [-0.15, -0.1) is 0 Å². The van der Waals surface area contributed by atoms with Gasteiger partial charge in [-0.25, -0.2) is 15.3 Å². The molecule has 0 radical (unpaired) electrons. The Kier molecular flexibility index (Phi) is 7.38. The molecule has 180 valence electrons. The number of rotatable bonds is 4. The lowest BCUT2D eigenvalue weighted by molar-refractivity contribution is -0.338. The van der Waals surface area contributed by atoms with Crippen LogP contribution in [-0.4, -0.2) is 56.0 Å². The monoisotopic (exact) mass is 478 g/mol. The van der Waals surface area contributed by atoms with Crippen LogP contribution in [0.5, 0.6) is 5.75 Å². The molecule has 35 heavy (non-hydrogen) atoms. The number of nitrogens with zero attached hydrogens (tertiary/aromatic N) is 2. The number of amides is 3. The molecule has 10 heteroatoms. The minimum absolute atomic E-state index is 0.0408. The van der Waals surface area contributed by atoms with Crippen LogP contribution in [0.4, 0.5) is 14.9 Å². The molecular weight excluding hydrogens is 453 g/mol. The molecule has 1 unspecified atom stereocenters. The second kappa shape index (κ2) is 10.8. The molecule has 2 aliphatic heterocycles. The number of benzene rings is 1. The van der Waals surface area contributed by atoms with E-state index >= 15 is 0 Å². The first-order valence-corrected chi connectivity index (χ1v) is 11.0. The molecule has 3 heterocycles. The second-order valence-corrected chi connectivity index (χ2v) is 8.08. The van der Waals surface area contributed by atoms with Crippen molar-refractivity contribution in [2.45, 2.75) is 12.5 Å². The van der Waals surface area contributed by atoms with E-state index in [9.17, 15) is 14.0 Å². The van der Waals surface area contributed by atoms with Gasteiger partial charge in [0.15, 0.2) is 0 Å². The van der Waals surface area contributed by atoms with Crippen LogP contribution in [0.2, 0.25) is 0 Å². The van der Waals surface area contributed by atoms with Crippen LogP contribution >= 0.6 is 0 Å². The van der Waals surface area contributed by atoms with E-state index in [4.69, 9.17) is 15.2 Å². The standard InChI is InChI=1S/C25H24FN5O4/c1-31-21-10-16(5-6-17-13-34-14-17)7-8-22(21)35-15-20(24(31)32)30-25(33)28-12-18(11-27)9-19-3-2-4-23(26)29-19/h2-4,7-8,10-12,17,20H,9,13-15,27H2,1H3,(H,30,33)/p+1/b18-11-,28-12+. The third-order valence-electron chi connectivity index (χ3n) is 5.48.